The minimum Gasteiger partial charge on any atom is -0.389 e. The van der Waals surface area contributed by atoms with E-state index in [-0.39, 0.29) is 0 Å². The second-order valence-electron chi connectivity index (χ2n) is 5.98. The molecule has 112 valence electrons. The van der Waals surface area contributed by atoms with Crippen molar-refractivity contribution in [1.82, 2.24) is 20.1 Å². The van der Waals surface area contributed by atoms with Gasteiger partial charge in [-0.15, -0.1) is 5.10 Å². The molecule has 1 unspecified atom stereocenters. The Morgan fingerprint density at radius 1 is 1.30 bits per heavy atom. The van der Waals surface area contributed by atoms with E-state index >= 15 is 0 Å². The minimum atomic E-state index is -0.835. The average Bonchev–Trinajstić information content (AvgIpc) is 2.83. The summed E-state index contributed by atoms with van der Waals surface area (Å²) in [6.07, 6.45) is 1.84. The van der Waals surface area contributed by atoms with Gasteiger partial charge in [0.15, 0.2) is 0 Å². The van der Waals surface area contributed by atoms with Gasteiger partial charge in [-0.3, -0.25) is 10.00 Å². The molecule has 0 bridgehead atoms. The van der Waals surface area contributed by atoms with Crippen LogP contribution in [0.2, 0.25) is 0 Å². The Balaban J connectivity index is 1.49. The molecule has 3 rings (SSSR count). The van der Waals surface area contributed by atoms with Crippen molar-refractivity contribution in [1.29, 1.82) is 0 Å². The maximum atomic E-state index is 10.1. The molecule has 1 aliphatic carbocycles. The number of piperazine rings is 1. The highest BCUT2D eigenvalue weighted by molar-refractivity contribution is 5.29. The third-order valence-electron chi connectivity index (χ3n) is 4.51. The van der Waals surface area contributed by atoms with Crippen molar-refractivity contribution in [3.8, 4) is 0 Å². The number of anilines is 1. The maximum absolute atomic E-state index is 10.1. The van der Waals surface area contributed by atoms with Crippen molar-refractivity contribution in [2.24, 2.45) is 0 Å². The molecule has 0 aromatic carbocycles. The number of aryl methyl sites for hydroxylation is 1. The Bertz CT molecular complexity index is 451. The topological polar surface area (TPSA) is 88.5 Å². The number of rotatable bonds is 4. The Labute approximate surface area is 118 Å². The first kappa shape index (κ1) is 13.8. The van der Waals surface area contributed by atoms with Crippen molar-refractivity contribution in [2.75, 3.05) is 37.6 Å². The Kier molecular flexibility index (Phi) is 3.66. The molecule has 1 saturated heterocycles. The van der Waals surface area contributed by atoms with Gasteiger partial charge < -0.3 is 15.1 Å². The van der Waals surface area contributed by atoms with Gasteiger partial charge in [-0.05, 0) is 26.2 Å². The normalized spacial score (nSPS) is 24.4. The van der Waals surface area contributed by atoms with E-state index in [4.69, 9.17) is 0 Å². The summed E-state index contributed by atoms with van der Waals surface area (Å²) in [5.41, 5.74) is -0.835. The zero-order valence-electron chi connectivity index (χ0n) is 11.9. The monoisotopic (exact) mass is 281 g/mol. The van der Waals surface area contributed by atoms with Crippen molar-refractivity contribution in [3.63, 3.8) is 0 Å². The summed E-state index contributed by atoms with van der Waals surface area (Å²) in [6, 6.07) is 0. The van der Waals surface area contributed by atoms with Gasteiger partial charge in [-0.25, -0.2) is 0 Å². The van der Waals surface area contributed by atoms with E-state index in [9.17, 15) is 10.2 Å². The van der Waals surface area contributed by atoms with E-state index in [0.29, 0.717) is 6.54 Å². The maximum Gasteiger partial charge on any atom is 0.244 e. The van der Waals surface area contributed by atoms with E-state index in [1.807, 2.05) is 6.92 Å². The van der Waals surface area contributed by atoms with Crippen LogP contribution >= 0.6 is 0 Å². The first-order valence-electron chi connectivity index (χ1n) is 7.34. The fraction of sp³-hybridized carbons (Fsp3) is 0.846. The van der Waals surface area contributed by atoms with Crippen LogP contribution in [0.1, 0.15) is 25.1 Å². The molecule has 2 fully saturated rings. The molecule has 7 nitrogen and oxygen atoms in total. The van der Waals surface area contributed by atoms with Crippen LogP contribution in [0.25, 0.3) is 0 Å². The lowest BCUT2D eigenvalue weighted by Crippen LogP contribution is -2.56. The van der Waals surface area contributed by atoms with Crippen molar-refractivity contribution in [3.05, 3.63) is 5.82 Å². The number of aliphatic hydroxyl groups excluding tert-OH is 1. The largest absolute Gasteiger partial charge is 0.389 e. The molecule has 1 aromatic rings. The molecule has 1 aromatic heterocycles. The summed E-state index contributed by atoms with van der Waals surface area (Å²) in [5, 5.41) is 27.3. The smallest absolute Gasteiger partial charge is 0.244 e. The number of aromatic amines is 1. The lowest BCUT2D eigenvalue weighted by atomic mass is 9.76. The SMILES string of the molecule is Cc1nc(N2CCN(CC(O)C3(O)CCC3)CC2)n[nH]1. The molecule has 3 N–H and O–H groups in total. The molecule has 1 atom stereocenters. The molecule has 0 spiro atoms. The van der Waals surface area contributed by atoms with E-state index in [1.54, 1.807) is 0 Å². The summed E-state index contributed by atoms with van der Waals surface area (Å²) < 4.78 is 0. The number of aliphatic hydroxyl groups is 2. The zero-order valence-corrected chi connectivity index (χ0v) is 11.9. The number of β-amino-alcohol motifs (C(OH)–C–C–N with tert-alkyl or cyclic N) is 1. The van der Waals surface area contributed by atoms with Crippen LogP contribution in [0.4, 0.5) is 5.95 Å². The highest BCUT2D eigenvalue weighted by Crippen LogP contribution is 2.35. The molecule has 0 amide bonds. The van der Waals surface area contributed by atoms with Crippen LogP contribution in [0.3, 0.4) is 0 Å². The van der Waals surface area contributed by atoms with Crippen molar-refractivity contribution >= 4 is 5.95 Å². The van der Waals surface area contributed by atoms with Crippen LogP contribution in [-0.2, 0) is 0 Å². The molecule has 1 aliphatic heterocycles. The number of hydrogen-bond donors (Lipinski definition) is 3. The van der Waals surface area contributed by atoms with Gasteiger partial charge in [-0.1, -0.05) is 0 Å². The minimum absolute atomic E-state index is 0.553. The molecule has 1 saturated carbocycles. The third-order valence-corrected chi connectivity index (χ3v) is 4.51. The summed E-state index contributed by atoms with van der Waals surface area (Å²) in [6.45, 7) is 5.87. The number of nitrogens with one attached hydrogen (secondary N) is 1. The zero-order chi connectivity index (χ0) is 14.2. The van der Waals surface area contributed by atoms with Crippen LogP contribution in [0.15, 0.2) is 0 Å². The van der Waals surface area contributed by atoms with E-state index < -0.39 is 11.7 Å². The molecular weight excluding hydrogens is 258 g/mol. The van der Waals surface area contributed by atoms with E-state index in [2.05, 4.69) is 25.0 Å². The van der Waals surface area contributed by atoms with E-state index in [0.717, 1.165) is 57.2 Å². The van der Waals surface area contributed by atoms with Gasteiger partial charge in [0, 0.05) is 32.7 Å². The fourth-order valence-electron chi connectivity index (χ4n) is 2.89. The summed E-state index contributed by atoms with van der Waals surface area (Å²) in [4.78, 5) is 8.68. The fourth-order valence-corrected chi connectivity index (χ4v) is 2.89. The number of H-pyrrole nitrogens is 1. The van der Waals surface area contributed by atoms with Gasteiger partial charge in [0.2, 0.25) is 5.95 Å². The predicted molar refractivity (Wildman–Crippen MR) is 74.6 cm³/mol. The molecule has 7 heteroatoms. The molecule has 20 heavy (non-hydrogen) atoms. The Morgan fingerprint density at radius 3 is 2.50 bits per heavy atom. The van der Waals surface area contributed by atoms with Gasteiger partial charge in [-0.2, -0.15) is 4.98 Å². The van der Waals surface area contributed by atoms with Gasteiger partial charge in [0.25, 0.3) is 0 Å². The quantitative estimate of drug-likeness (QED) is 0.690. The molecule has 0 radical (unpaired) electrons. The lowest BCUT2D eigenvalue weighted by molar-refractivity contribution is -0.133. The second kappa shape index (κ2) is 5.31. The van der Waals surface area contributed by atoms with Crippen LogP contribution < -0.4 is 4.90 Å². The Hall–Kier alpha value is -1.18. The first-order valence-corrected chi connectivity index (χ1v) is 7.34. The summed E-state index contributed by atoms with van der Waals surface area (Å²) >= 11 is 0. The number of nitrogens with zero attached hydrogens (tertiary/aromatic N) is 4. The van der Waals surface area contributed by atoms with Crippen LogP contribution in [-0.4, -0.2) is 74.7 Å². The summed E-state index contributed by atoms with van der Waals surface area (Å²) in [7, 11) is 0. The number of aromatic nitrogens is 3. The molecular formula is C13H23N5O2. The average molecular weight is 281 g/mol. The van der Waals surface area contributed by atoms with Gasteiger partial charge >= 0.3 is 0 Å². The highest BCUT2D eigenvalue weighted by Gasteiger charge is 2.42. The van der Waals surface area contributed by atoms with Crippen molar-refractivity contribution in [2.45, 2.75) is 37.9 Å². The van der Waals surface area contributed by atoms with Crippen molar-refractivity contribution < 1.29 is 10.2 Å². The molecule has 2 aliphatic rings. The van der Waals surface area contributed by atoms with Crippen LogP contribution in [0.5, 0.6) is 0 Å². The number of hydrogen-bond acceptors (Lipinski definition) is 6. The highest BCUT2D eigenvalue weighted by atomic mass is 16.3. The van der Waals surface area contributed by atoms with E-state index in [1.165, 1.54) is 0 Å². The van der Waals surface area contributed by atoms with Gasteiger partial charge in [0.05, 0.1) is 11.7 Å². The van der Waals surface area contributed by atoms with Crippen LogP contribution in [0, 0.1) is 6.92 Å². The molecule has 2 heterocycles. The standard InChI is InChI=1S/C13H23N5O2/c1-10-14-12(16-15-10)18-7-5-17(6-8-18)9-11(19)13(20)3-2-4-13/h11,19-20H,2-9H2,1H3,(H,14,15,16). The second-order valence-corrected chi connectivity index (χ2v) is 5.98. The summed E-state index contributed by atoms with van der Waals surface area (Å²) in [5.74, 6) is 1.57. The third kappa shape index (κ3) is 2.65. The Morgan fingerprint density at radius 2 is 2.00 bits per heavy atom. The predicted octanol–water partition coefficient (Wildman–Crippen LogP) is -0.489. The first-order chi connectivity index (χ1) is 9.57. The van der Waals surface area contributed by atoms with Gasteiger partial charge in [0.1, 0.15) is 5.82 Å². The lowest BCUT2D eigenvalue weighted by Gasteiger charge is -2.43.